The minimum atomic E-state index is -2.87. The Morgan fingerprint density at radius 1 is 1.24 bits per heavy atom. The van der Waals surface area contributed by atoms with Crippen LogP contribution in [0, 0.1) is 5.92 Å². The van der Waals surface area contributed by atoms with Crippen LogP contribution in [0.2, 0.25) is 0 Å². The van der Waals surface area contributed by atoms with Gasteiger partial charge in [0.1, 0.15) is 0 Å². The fraction of sp³-hybridized carbons (Fsp3) is 0.611. The molecule has 1 aromatic carbocycles. The number of rotatable bonds is 9. The number of hydrogen-bond donors (Lipinski definition) is 0. The first kappa shape index (κ1) is 17.9. The van der Waals surface area contributed by atoms with Crippen molar-refractivity contribution in [3.63, 3.8) is 0 Å². The molecule has 2 fully saturated rings. The highest BCUT2D eigenvalue weighted by Gasteiger charge is 2.24. The minimum absolute atomic E-state index is 0.0613. The Hall–Kier alpha value is -1.89. The largest absolute Gasteiger partial charge is 0.489 e. The smallest absolute Gasteiger partial charge is 0.387 e. The van der Waals surface area contributed by atoms with Crippen LogP contribution in [0.1, 0.15) is 31.2 Å². The van der Waals surface area contributed by atoms with Crippen LogP contribution in [-0.4, -0.2) is 50.7 Å². The molecule has 0 radical (unpaired) electrons. The standard InChI is InChI=1S/C18H24F2N2O3/c1-23-12-15-3-2-8-22(15)21-10-14-6-7-16(25-18(19)20)17(9-14)24-11-13-4-5-13/h6-7,9-10,13,15,18H,2-5,8,11-12H2,1H3/b21-10+. The number of benzene rings is 1. The predicted molar refractivity (Wildman–Crippen MR) is 90.5 cm³/mol. The fourth-order valence-corrected chi connectivity index (χ4v) is 2.88. The Morgan fingerprint density at radius 2 is 2.08 bits per heavy atom. The van der Waals surface area contributed by atoms with Crippen molar-refractivity contribution in [2.45, 2.75) is 38.3 Å². The maximum Gasteiger partial charge on any atom is 0.387 e. The Labute approximate surface area is 146 Å². The molecular formula is C18H24F2N2O3. The molecule has 0 bridgehead atoms. The molecule has 2 aliphatic rings. The van der Waals surface area contributed by atoms with Gasteiger partial charge in [0.15, 0.2) is 11.5 Å². The van der Waals surface area contributed by atoms with Gasteiger partial charge in [-0.3, -0.25) is 5.01 Å². The van der Waals surface area contributed by atoms with Gasteiger partial charge in [0.05, 0.1) is 25.5 Å². The second-order valence-electron chi connectivity index (χ2n) is 6.50. The van der Waals surface area contributed by atoms with E-state index in [-0.39, 0.29) is 11.8 Å². The van der Waals surface area contributed by atoms with Crippen molar-refractivity contribution < 1.29 is 23.0 Å². The monoisotopic (exact) mass is 354 g/mol. The second-order valence-corrected chi connectivity index (χ2v) is 6.50. The average Bonchev–Trinajstić information content (AvgIpc) is 3.31. The fourth-order valence-electron chi connectivity index (χ4n) is 2.88. The summed E-state index contributed by atoms with van der Waals surface area (Å²) in [5, 5.41) is 6.53. The van der Waals surface area contributed by atoms with E-state index >= 15 is 0 Å². The van der Waals surface area contributed by atoms with E-state index in [1.165, 1.54) is 6.07 Å². The number of halogens is 2. The van der Waals surface area contributed by atoms with Gasteiger partial charge >= 0.3 is 6.61 Å². The van der Waals surface area contributed by atoms with Crippen LogP contribution in [0.5, 0.6) is 11.5 Å². The van der Waals surface area contributed by atoms with Crippen molar-refractivity contribution in [2.24, 2.45) is 11.0 Å². The van der Waals surface area contributed by atoms with Crippen LogP contribution in [0.15, 0.2) is 23.3 Å². The van der Waals surface area contributed by atoms with Crippen LogP contribution < -0.4 is 9.47 Å². The third kappa shape index (κ3) is 5.29. The lowest BCUT2D eigenvalue weighted by Gasteiger charge is -2.20. The molecule has 1 saturated heterocycles. The van der Waals surface area contributed by atoms with Crippen LogP contribution in [0.4, 0.5) is 8.78 Å². The molecule has 0 aromatic heterocycles. The first-order valence-electron chi connectivity index (χ1n) is 8.67. The third-order valence-corrected chi connectivity index (χ3v) is 4.42. The minimum Gasteiger partial charge on any atom is -0.489 e. The number of hydrogen-bond acceptors (Lipinski definition) is 5. The lowest BCUT2D eigenvalue weighted by Crippen LogP contribution is -2.28. The van der Waals surface area contributed by atoms with E-state index in [4.69, 9.17) is 9.47 Å². The van der Waals surface area contributed by atoms with Gasteiger partial charge in [0, 0.05) is 13.7 Å². The summed E-state index contributed by atoms with van der Waals surface area (Å²) in [6.07, 6.45) is 6.12. The summed E-state index contributed by atoms with van der Waals surface area (Å²) < 4.78 is 40.6. The molecule has 0 amide bonds. The van der Waals surface area contributed by atoms with Gasteiger partial charge in [0.2, 0.25) is 0 Å². The average molecular weight is 354 g/mol. The van der Waals surface area contributed by atoms with E-state index < -0.39 is 6.61 Å². The number of nitrogens with zero attached hydrogens (tertiary/aromatic N) is 2. The van der Waals surface area contributed by atoms with Crippen LogP contribution in [0.3, 0.4) is 0 Å². The zero-order chi connectivity index (χ0) is 17.6. The number of hydrazone groups is 1. The van der Waals surface area contributed by atoms with Crippen LogP contribution in [0.25, 0.3) is 0 Å². The summed E-state index contributed by atoms with van der Waals surface area (Å²) >= 11 is 0. The lowest BCUT2D eigenvalue weighted by atomic mass is 10.2. The van der Waals surface area contributed by atoms with Gasteiger partial charge in [0.25, 0.3) is 0 Å². The molecule has 138 valence electrons. The van der Waals surface area contributed by atoms with Gasteiger partial charge in [-0.2, -0.15) is 13.9 Å². The molecule has 1 aliphatic carbocycles. The molecule has 1 saturated carbocycles. The molecule has 1 heterocycles. The number of methoxy groups -OCH3 is 1. The molecular weight excluding hydrogens is 330 g/mol. The van der Waals surface area contributed by atoms with E-state index in [9.17, 15) is 8.78 Å². The van der Waals surface area contributed by atoms with E-state index in [1.807, 2.05) is 5.01 Å². The highest BCUT2D eigenvalue weighted by Crippen LogP contribution is 2.34. The van der Waals surface area contributed by atoms with E-state index in [1.54, 1.807) is 25.5 Å². The lowest BCUT2D eigenvalue weighted by molar-refractivity contribution is -0.0515. The van der Waals surface area contributed by atoms with E-state index in [2.05, 4.69) is 9.84 Å². The maximum atomic E-state index is 12.6. The Morgan fingerprint density at radius 3 is 2.80 bits per heavy atom. The van der Waals surface area contributed by atoms with Crippen molar-refractivity contribution >= 4 is 6.21 Å². The van der Waals surface area contributed by atoms with Crippen LogP contribution >= 0.6 is 0 Å². The molecule has 5 nitrogen and oxygen atoms in total. The molecule has 1 atom stereocenters. The van der Waals surface area contributed by atoms with Crippen molar-refractivity contribution in [2.75, 3.05) is 26.9 Å². The van der Waals surface area contributed by atoms with Crippen molar-refractivity contribution in [3.8, 4) is 11.5 Å². The Bertz CT molecular complexity index is 594. The highest BCUT2D eigenvalue weighted by atomic mass is 19.3. The Balaban J connectivity index is 1.69. The van der Waals surface area contributed by atoms with Gasteiger partial charge in [-0.1, -0.05) is 0 Å². The number of ether oxygens (including phenoxy) is 3. The summed E-state index contributed by atoms with van der Waals surface area (Å²) in [4.78, 5) is 0. The summed E-state index contributed by atoms with van der Waals surface area (Å²) in [5.74, 6) is 0.924. The predicted octanol–water partition coefficient (Wildman–Crippen LogP) is 3.52. The molecule has 0 N–H and O–H groups in total. The molecule has 7 heteroatoms. The van der Waals surface area contributed by atoms with E-state index in [0.717, 1.165) is 37.8 Å². The summed E-state index contributed by atoms with van der Waals surface area (Å²) in [6, 6.07) is 5.19. The topological polar surface area (TPSA) is 43.3 Å². The second kappa shape index (κ2) is 8.47. The first-order chi connectivity index (χ1) is 12.2. The van der Waals surface area contributed by atoms with Gasteiger partial charge in [-0.15, -0.1) is 0 Å². The first-order valence-corrected chi connectivity index (χ1v) is 8.67. The highest BCUT2D eigenvalue weighted by molar-refractivity contribution is 5.80. The quantitative estimate of drug-likeness (QED) is 0.637. The summed E-state index contributed by atoms with van der Waals surface area (Å²) in [5.41, 5.74) is 0.787. The van der Waals surface area contributed by atoms with Crippen molar-refractivity contribution in [1.82, 2.24) is 5.01 Å². The summed E-state index contributed by atoms with van der Waals surface area (Å²) in [7, 11) is 1.69. The third-order valence-electron chi connectivity index (χ3n) is 4.42. The zero-order valence-electron chi connectivity index (χ0n) is 14.4. The molecule has 1 aliphatic heterocycles. The molecule has 25 heavy (non-hydrogen) atoms. The zero-order valence-corrected chi connectivity index (χ0v) is 14.4. The Kier molecular flexibility index (Phi) is 6.07. The van der Waals surface area contributed by atoms with E-state index in [0.29, 0.717) is 24.9 Å². The van der Waals surface area contributed by atoms with Crippen molar-refractivity contribution in [3.05, 3.63) is 23.8 Å². The molecule has 0 spiro atoms. The summed E-state index contributed by atoms with van der Waals surface area (Å²) in [6.45, 7) is -0.805. The van der Waals surface area contributed by atoms with Gasteiger partial charge in [-0.25, -0.2) is 0 Å². The van der Waals surface area contributed by atoms with Gasteiger partial charge < -0.3 is 14.2 Å². The van der Waals surface area contributed by atoms with Gasteiger partial charge in [-0.05, 0) is 55.4 Å². The van der Waals surface area contributed by atoms with Crippen LogP contribution in [-0.2, 0) is 4.74 Å². The SMILES string of the molecule is COCC1CCCN1/N=C/c1ccc(OC(F)F)c(OCC2CC2)c1. The molecule has 3 rings (SSSR count). The number of alkyl halides is 2. The van der Waals surface area contributed by atoms with Crippen molar-refractivity contribution in [1.29, 1.82) is 0 Å². The maximum absolute atomic E-state index is 12.6. The molecule has 1 unspecified atom stereocenters. The normalized spacial score (nSPS) is 20.6. The molecule has 1 aromatic rings.